The Hall–Kier alpha value is -0.800. The van der Waals surface area contributed by atoms with Gasteiger partial charge in [-0.2, -0.15) is 0 Å². The fraction of sp³-hybridized carbons (Fsp3) is 0.778. The molecule has 2 atom stereocenters. The first kappa shape index (κ1) is 16.6. The lowest BCUT2D eigenvalue weighted by molar-refractivity contribution is 0.184. The normalized spacial score (nSPS) is 23.4. The Balaban J connectivity index is 1.91. The zero-order valence-electron chi connectivity index (χ0n) is 13.8. The van der Waals surface area contributed by atoms with E-state index < -0.39 is 0 Å². The summed E-state index contributed by atoms with van der Waals surface area (Å²) in [4.78, 5) is 2.54. The summed E-state index contributed by atoms with van der Waals surface area (Å²) in [5, 5.41) is 3.80. The summed E-state index contributed by atoms with van der Waals surface area (Å²) in [6.45, 7) is 8.91. The molecule has 0 aromatic carbocycles. The summed E-state index contributed by atoms with van der Waals surface area (Å²) < 4.78 is 5.51. The highest BCUT2D eigenvalue weighted by Gasteiger charge is 2.25. The Morgan fingerprint density at radius 1 is 1.24 bits per heavy atom. The molecule has 1 heterocycles. The van der Waals surface area contributed by atoms with Crippen LogP contribution in [0.1, 0.15) is 58.1 Å². The minimum Gasteiger partial charge on any atom is -0.468 e. The second-order valence-corrected chi connectivity index (χ2v) is 6.37. The van der Waals surface area contributed by atoms with Crippen LogP contribution < -0.4 is 5.32 Å². The number of hydrogen-bond acceptors (Lipinski definition) is 3. The molecule has 1 aliphatic carbocycles. The second kappa shape index (κ2) is 9.26. The summed E-state index contributed by atoms with van der Waals surface area (Å²) in [6, 6.07) is 4.78. The van der Waals surface area contributed by atoms with Gasteiger partial charge in [0, 0.05) is 12.6 Å². The third-order valence-electron chi connectivity index (χ3n) is 4.72. The molecule has 1 fully saturated rings. The van der Waals surface area contributed by atoms with Gasteiger partial charge >= 0.3 is 0 Å². The number of furan rings is 1. The van der Waals surface area contributed by atoms with Gasteiger partial charge in [-0.3, -0.25) is 4.90 Å². The summed E-state index contributed by atoms with van der Waals surface area (Å²) in [6.07, 6.45) is 9.92. The van der Waals surface area contributed by atoms with Crippen molar-refractivity contribution in [2.75, 3.05) is 19.6 Å². The van der Waals surface area contributed by atoms with Gasteiger partial charge in [-0.1, -0.05) is 33.1 Å². The fourth-order valence-corrected chi connectivity index (χ4v) is 3.46. The molecule has 120 valence electrons. The summed E-state index contributed by atoms with van der Waals surface area (Å²) in [5.41, 5.74) is 0. The lowest BCUT2D eigenvalue weighted by atomic mass is 9.93. The molecule has 21 heavy (non-hydrogen) atoms. The lowest BCUT2D eigenvalue weighted by Gasteiger charge is -2.31. The van der Waals surface area contributed by atoms with E-state index in [9.17, 15) is 0 Å². The third kappa shape index (κ3) is 5.48. The quantitative estimate of drug-likeness (QED) is 0.733. The van der Waals surface area contributed by atoms with Gasteiger partial charge in [0.25, 0.3) is 0 Å². The SMILES string of the molecule is CCCNC1CCCCCC1CN(CC)Cc1ccco1. The highest BCUT2D eigenvalue weighted by atomic mass is 16.3. The van der Waals surface area contributed by atoms with E-state index in [-0.39, 0.29) is 0 Å². The zero-order chi connectivity index (χ0) is 14.9. The smallest absolute Gasteiger partial charge is 0.117 e. The fourth-order valence-electron chi connectivity index (χ4n) is 3.46. The van der Waals surface area contributed by atoms with Crippen molar-refractivity contribution in [2.24, 2.45) is 5.92 Å². The average molecular weight is 292 g/mol. The van der Waals surface area contributed by atoms with Gasteiger partial charge in [-0.05, 0) is 50.4 Å². The van der Waals surface area contributed by atoms with Crippen LogP contribution >= 0.6 is 0 Å². The maximum Gasteiger partial charge on any atom is 0.117 e. The molecule has 3 nitrogen and oxygen atoms in total. The molecule has 2 unspecified atom stereocenters. The topological polar surface area (TPSA) is 28.4 Å². The molecule has 0 aliphatic heterocycles. The van der Waals surface area contributed by atoms with Gasteiger partial charge in [-0.15, -0.1) is 0 Å². The molecule has 1 aromatic rings. The predicted molar refractivity (Wildman–Crippen MR) is 88.3 cm³/mol. The first-order chi connectivity index (χ1) is 10.3. The maximum atomic E-state index is 5.51. The van der Waals surface area contributed by atoms with Crippen LogP contribution in [0.4, 0.5) is 0 Å². The molecule has 2 rings (SSSR count). The molecular weight excluding hydrogens is 260 g/mol. The molecule has 1 aromatic heterocycles. The number of nitrogens with zero attached hydrogens (tertiary/aromatic N) is 1. The van der Waals surface area contributed by atoms with Crippen LogP contribution in [-0.2, 0) is 6.54 Å². The summed E-state index contributed by atoms with van der Waals surface area (Å²) in [7, 11) is 0. The molecule has 0 bridgehead atoms. The van der Waals surface area contributed by atoms with Crippen LogP contribution in [0.3, 0.4) is 0 Å². The molecule has 1 N–H and O–H groups in total. The van der Waals surface area contributed by atoms with Crippen molar-refractivity contribution >= 4 is 0 Å². The summed E-state index contributed by atoms with van der Waals surface area (Å²) in [5.74, 6) is 1.87. The minimum atomic E-state index is 0.707. The zero-order valence-corrected chi connectivity index (χ0v) is 13.8. The van der Waals surface area contributed by atoms with E-state index in [2.05, 4.69) is 30.1 Å². The van der Waals surface area contributed by atoms with Gasteiger partial charge < -0.3 is 9.73 Å². The van der Waals surface area contributed by atoms with Crippen molar-refractivity contribution in [1.29, 1.82) is 0 Å². The van der Waals surface area contributed by atoms with E-state index in [1.54, 1.807) is 6.26 Å². The van der Waals surface area contributed by atoms with Crippen LogP contribution in [-0.4, -0.2) is 30.6 Å². The average Bonchev–Trinajstić information content (AvgIpc) is 2.91. The third-order valence-corrected chi connectivity index (χ3v) is 4.72. The largest absolute Gasteiger partial charge is 0.468 e. The second-order valence-electron chi connectivity index (χ2n) is 6.37. The number of hydrogen-bond donors (Lipinski definition) is 1. The van der Waals surface area contributed by atoms with Crippen molar-refractivity contribution < 1.29 is 4.42 Å². The van der Waals surface area contributed by atoms with Crippen molar-refractivity contribution in [2.45, 2.75) is 65.0 Å². The highest BCUT2D eigenvalue weighted by Crippen LogP contribution is 2.25. The van der Waals surface area contributed by atoms with E-state index in [0.29, 0.717) is 6.04 Å². The van der Waals surface area contributed by atoms with Crippen LogP contribution in [0, 0.1) is 5.92 Å². The number of rotatable bonds is 8. The standard InChI is InChI=1S/C18H32N2O/c1-3-12-19-18-11-7-5-6-9-16(18)14-20(4-2)15-17-10-8-13-21-17/h8,10,13,16,18-19H,3-7,9,11-12,14-15H2,1-2H3. The first-order valence-electron chi connectivity index (χ1n) is 8.81. The van der Waals surface area contributed by atoms with Crippen LogP contribution in [0.25, 0.3) is 0 Å². The van der Waals surface area contributed by atoms with E-state index in [1.807, 2.05) is 6.07 Å². The van der Waals surface area contributed by atoms with Gasteiger partial charge in [0.2, 0.25) is 0 Å². The molecule has 3 heteroatoms. The van der Waals surface area contributed by atoms with E-state index in [4.69, 9.17) is 4.42 Å². The van der Waals surface area contributed by atoms with Gasteiger partial charge in [0.1, 0.15) is 5.76 Å². The van der Waals surface area contributed by atoms with Crippen molar-refractivity contribution in [3.63, 3.8) is 0 Å². The Labute approximate surface area is 130 Å². The van der Waals surface area contributed by atoms with E-state index in [1.165, 1.54) is 45.1 Å². The van der Waals surface area contributed by atoms with E-state index >= 15 is 0 Å². The van der Waals surface area contributed by atoms with Gasteiger partial charge in [-0.25, -0.2) is 0 Å². The predicted octanol–water partition coefficient (Wildman–Crippen LogP) is 4.05. The highest BCUT2D eigenvalue weighted by molar-refractivity contribution is 4.98. The van der Waals surface area contributed by atoms with Crippen molar-refractivity contribution in [1.82, 2.24) is 10.2 Å². The molecule has 1 saturated carbocycles. The van der Waals surface area contributed by atoms with Gasteiger partial charge in [0.05, 0.1) is 12.8 Å². The monoisotopic (exact) mass is 292 g/mol. The molecule has 1 aliphatic rings. The minimum absolute atomic E-state index is 0.707. The Kier molecular flexibility index (Phi) is 7.31. The molecule has 0 amide bonds. The van der Waals surface area contributed by atoms with E-state index in [0.717, 1.165) is 31.3 Å². The molecule has 0 radical (unpaired) electrons. The molecule has 0 saturated heterocycles. The molecule has 0 spiro atoms. The summed E-state index contributed by atoms with van der Waals surface area (Å²) >= 11 is 0. The first-order valence-corrected chi connectivity index (χ1v) is 8.81. The lowest BCUT2D eigenvalue weighted by Crippen LogP contribution is -2.42. The Morgan fingerprint density at radius 2 is 2.10 bits per heavy atom. The van der Waals surface area contributed by atoms with Crippen LogP contribution in [0.15, 0.2) is 22.8 Å². The Morgan fingerprint density at radius 3 is 2.81 bits per heavy atom. The molecular formula is C18H32N2O. The van der Waals surface area contributed by atoms with Crippen molar-refractivity contribution in [3.8, 4) is 0 Å². The maximum absolute atomic E-state index is 5.51. The Bertz CT molecular complexity index is 363. The van der Waals surface area contributed by atoms with Crippen molar-refractivity contribution in [3.05, 3.63) is 24.2 Å². The van der Waals surface area contributed by atoms with Crippen LogP contribution in [0.5, 0.6) is 0 Å². The van der Waals surface area contributed by atoms with Gasteiger partial charge in [0.15, 0.2) is 0 Å². The van der Waals surface area contributed by atoms with Crippen LogP contribution in [0.2, 0.25) is 0 Å². The number of nitrogens with one attached hydrogen (secondary N) is 1.